The van der Waals surface area contributed by atoms with Crippen LogP contribution in [0.15, 0.2) is 12.2 Å². The van der Waals surface area contributed by atoms with Gasteiger partial charge in [-0.2, -0.15) is 0 Å². The Morgan fingerprint density at radius 2 is 1.17 bits per heavy atom. The van der Waals surface area contributed by atoms with Gasteiger partial charge in [0.2, 0.25) is 0 Å². The van der Waals surface area contributed by atoms with Gasteiger partial charge < -0.3 is 31.5 Å². The Hall–Kier alpha value is 1.48. The van der Waals surface area contributed by atoms with Crippen LogP contribution in [0, 0.1) is 26.4 Å². The molecule has 0 atom stereocenters. The van der Waals surface area contributed by atoms with Crippen molar-refractivity contribution in [3.8, 4) is 0 Å². The van der Waals surface area contributed by atoms with Gasteiger partial charge in [-0.25, -0.2) is 0 Å². The van der Waals surface area contributed by atoms with Crippen LogP contribution >= 0.6 is 0 Å². The summed E-state index contributed by atoms with van der Waals surface area (Å²) < 4.78 is 2.74. The van der Waals surface area contributed by atoms with Crippen LogP contribution in [0.4, 0.5) is 0 Å². The van der Waals surface area contributed by atoms with Crippen LogP contribution < -0.4 is 10.6 Å². The Bertz CT molecular complexity index is 159. The molecule has 0 amide bonds. The molecule has 0 radical (unpaired) electrons. The van der Waals surface area contributed by atoms with E-state index in [1.165, 1.54) is 25.4 Å². The van der Waals surface area contributed by atoms with Crippen molar-refractivity contribution in [1.29, 1.82) is 0 Å². The number of allylic oxidation sites excluding steroid dienone is 2. The topological polar surface area (TPSA) is 24.1 Å². The molecule has 142 valence electrons. The molecule has 0 heterocycles. The van der Waals surface area contributed by atoms with E-state index >= 15 is 0 Å². The molecule has 0 aromatic rings. The number of rotatable bonds is 3. The second kappa shape index (κ2) is 165. The minimum absolute atomic E-state index is 0. The van der Waals surface area contributed by atoms with Crippen molar-refractivity contribution >= 4 is 4.06 Å². The van der Waals surface area contributed by atoms with Crippen LogP contribution in [-0.2, 0) is 82.5 Å². The number of hydrogen-bond donors (Lipinski definition) is 2. The third-order valence-corrected chi connectivity index (χ3v) is 0.867. The van der Waals surface area contributed by atoms with E-state index in [1.54, 1.807) is 20.2 Å². The van der Waals surface area contributed by atoms with Gasteiger partial charge in [0.1, 0.15) is 0 Å². The molecule has 2 N–H and O–H groups in total. The maximum atomic E-state index is 4.93. The minimum Gasteiger partial charge on any atom is -0.497 e. The van der Waals surface area contributed by atoms with Crippen LogP contribution in [0.3, 0.4) is 0 Å². The van der Waals surface area contributed by atoms with Crippen molar-refractivity contribution in [3.05, 3.63) is 38.6 Å². The predicted octanol–water partition coefficient (Wildman–Crippen LogP) is 4.53. The Kier molecular flexibility index (Phi) is 462. The van der Waals surface area contributed by atoms with Gasteiger partial charge in [-0.3, -0.25) is 6.20 Å². The molecule has 0 aromatic carbocycles. The molecule has 23 heavy (non-hydrogen) atoms. The summed E-state index contributed by atoms with van der Waals surface area (Å²) in [5.41, 5.74) is 0. The fourth-order valence-electron chi connectivity index (χ4n) is 0.182. The van der Waals surface area contributed by atoms with Crippen LogP contribution in [-0.4, -0.2) is 18.2 Å². The van der Waals surface area contributed by atoms with Gasteiger partial charge in [-0.1, -0.05) is 55.4 Å². The first-order valence-electron chi connectivity index (χ1n) is 6.91. The Morgan fingerprint density at radius 3 is 1.22 bits per heavy atom. The summed E-state index contributed by atoms with van der Waals surface area (Å²) in [6, 6.07) is 0. The molecule has 0 aromatic heterocycles. The van der Waals surface area contributed by atoms with E-state index in [4.69, 9.17) is 6.58 Å². The summed E-state index contributed by atoms with van der Waals surface area (Å²) in [6.07, 6.45) is 8.30. The van der Waals surface area contributed by atoms with E-state index in [-0.39, 0.29) is 70.6 Å². The molecule has 0 spiro atoms. The summed E-state index contributed by atoms with van der Waals surface area (Å²) in [5, 5.41) is 5.33. The number of hydrogen-bond acceptors (Lipinski definition) is 2. The first kappa shape index (κ1) is 64.4. The van der Waals surface area contributed by atoms with Gasteiger partial charge >= 0.3 is 63.0 Å². The predicted molar refractivity (Wildman–Crippen MR) is 94.9 cm³/mol. The second-order valence-corrected chi connectivity index (χ2v) is 1.96. The maximum absolute atomic E-state index is 4.93. The van der Waals surface area contributed by atoms with Crippen molar-refractivity contribution in [2.75, 3.05) is 14.1 Å². The Labute approximate surface area is 203 Å². The van der Waals surface area contributed by atoms with Gasteiger partial charge in [-0.15, -0.1) is 0 Å². The summed E-state index contributed by atoms with van der Waals surface area (Å²) >= 11 is 1.30. The largest absolute Gasteiger partial charge is 2.00 e. The molecule has 0 aliphatic rings. The first-order valence-corrected chi connectivity index (χ1v) is 8.38. The molecule has 0 bridgehead atoms. The SMILES string of the molecule is CC.CC.CC.CC.CN[C-]=[C]=[W].[CH-]=CC=[C-]NC.[CH3-].[W+2].[W].[W]. The van der Waals surface area contributed by atoms with Crippen molar-refractivity contribution in [1.82, 2.24) is 10.6 Å². The smallest absolute Gasteiger partial charge is 0.497 e. The second-order valence-electron chi connectivity index (χ2n) is 1.23. The first-order chi connectivity index (χ1) is 9.33. The van der Waals surface area contributed by atoms with Crippen LogP contribution in [0.5, 0.6) is 0 Å². The van der Waals surface area contributed by atoms with Crippen LogP contribution in [0.25, 0.3) is 0 Å². The van der Waals surface area contributed by atoms with E-state index < -0.39 is 0 Å². The van der Waals surface area contributed by atoms with Gasteiger partial charge in [-0.05, 0) is 7.05 Å². The average Bonchev–Trinajstić information content (AvgIpc) is 2.54. The molecule has 0 saturated heterocycles. The van der Waals surface area contributed by atoms with Gasteiger partial charge in [0.25, 0.3) is 0 Å². The van der Waals surface area contributed by atoms with E-state index in [0.29, 0.717) is 0 Å². The van der Waals surface area contributed by atoms with E-state index in [9.17, 15) is 0 Å². The Balaban J connectivity index is -0.0000000115. The van der Waals surface area contributed by atoms with E-state index in [2.05, 4.69) is 27.1 Å². The fraction of sp³-hybridized carbons (Fsp3) is 0.588. The number of nitrogens with one attached hydrogen (secondary N) is 2. The summed E-state index contributed by atoms with van der Waals surface area (Å²) in [5.74, 6) is 0. The summed E-state index contributed by atoms with van der Waals surface area (Å²) in [7, 11) is 3.57. The monoisotopic (exact) mass is 1010 g/mol. The normalized spacial score (nSPS) is 4.43. The molecule has 0 aliphatic carbocycles. The van der Waals surface area contributed by atoms with Crippen LogP contribution in [0.1, 0.15) is 55.4 Å². The van der Waals surface area contributed by atoms with Crippen molar-refractivity contribution in [2.45, 2.75) is 55.4 Å². The quantitative estimate of drug-likeness (QED) is 0.247. The zero-order chi connectivity index (χ0) is 16.9. The molecular weight excluding hydrogens is 968 g/mol. The third kappa shape index (κ3) is 258. The van der Waals surface area contributed by atoms with E-state index in [1.807, 2.05) is 55.4 Å². The average molecular weight is 1010 g/mol. The molecule has 2 nitrogen and oxygen atoms in total. The van der Waals surface area contributed by atoms with Gasteiger partial charge in [0, 0.05) is 42.1 Å². The van der Waals surface area contributed by atoms with Gasteiger partial charge in [0.05, 0.1) is 0 Å². The van der Waals surface area contributed by atoms with Crippen molar-refractivity contribution in [2.24, 2.45) is 0 Å². The van der Waals surface area contributed by atoms with Crippen LogP contribution in [0.2, 0.25) is 0 Å². The summed E-state index contributed by atoms with van der Waals surface area (Å²) in [6.45, 7) is 20.9. The fourth-order valence-corrected chi connectivity index (χ4v) is 0.549. The molecule has 0 saturated carbocycles. The summed E-state index contributed by atoms with van der Waals surface area (Å²) in [4.78, 5) is 0. The molecule has 0 fully saturated rings. The molecule has 0 aliphatic heterocycles. The standard InChI is InChI=1S/C5H7N.C3H4N.4C2H6.CH3.4W/c1-3-4-5-6-2;1-3-4-2;4*1-2;;;;;/h1,3-4,6H,2H3;4H,2H3;4*1-2H3;1H3;;;;/q-2;-1;;;;;-1;;;;+2. The molecule has 0 unspecified atom stereocenters. The van der Waals surface area contributed by atoms with Crippen molar-refractivity contribution in [3.63, 3.8) is 0 Å². The van der Waals surface area contributed by atoms with E-state index in [0.717, 1.165) is 0 Å². The Morgan fingerprint density at radius 1 is 0.870 bits per heavy atom. The zero-order valence-corrected chi connectivity index (χ0v) is 28.6. The molecule has 0 rings (SSSR count). The van der Waals surface area contributed by atoms with Crippen molar-refractivity contribution < 1.29 is 82.5 Å². The molecule has 6 heteroatoms. The minimum atomic E-state index is 0. The third-order valence-electron chi connectivity index (χ3n) is 0.500. The van der Waals surface area contributed by atoms with Gasteiger partial charge in [0.15, 0.2) is 0 Å². The maximum Gasteiger partial charge on any atom is 2.00 e. The molecular formula is C17H38N2W4-2. The zero-order valence-electron chi connectivity index (χ0n) is 16.9.